The molecule has 0 bridgehead atoms. The van der Waals surface area contributed by atoms with Crippen LogP contribution in [0.4, 0.5) is 0 Å². The van der Waals surface area contributed by atoms with Crippen molar-refractivity contribution in [1.82, 2.24) is 25.1 Å². The van der Waals surface area contributed by atoms with Gasteiger partial charge in [0.1, 0.15) is 18.3 Å². The van der Waals surface area contributed by atoms with Gasteiger partial charge in [-0.05, 0) is 30.9 Å². The topological polar surface area (TPSA) is 92.7 Å². The van der Waals surface area contributed by atoms with Crippen molar-refractivity contribution in [2.75, 3.05) is 0 Å². The highest BCUT2D eigenvalue weighted by atomic mass is 16.2. The van der Waals surface area contributed by atoms with E-state index in [-0.39, 0.29) is 17.7 Å². The lowest BCUT2D eigenvalue weighted by atomic mass is 9.94. The zero-order chi connectivity index (χ0) is 18.8. The Hall–Kier alpha value is -3.22. The number of fused-ring (bicyclic) bond motifs is 1. The molecular formula is C20H21N5O2. The van der Waals surface area contributed by atoms with Crippen molar-refractivity contribution < 1.29 is 9.59 Å². The molecule has 2 aromatic heterocycles. The Kier molecular flexibility index (Phi) is 4.58. The zero-order valence-corrected chi connectivity index (χ0v) is 15.1. The molecule has 0 aliphatic heterocycles. The number of aromatic nitrogens is 4. The number of ketones is 1. The summed E-state index contributed by atoms with van der Waals surface area (Å²) in [5.41, 5.74) is 3.75. The molecule has 0 saturated heterocycles. The van der Waals surface area contributed by atoms with Crippen molar-refractivity contribution in [3.63, 3.8) is 0 Å². The molecule has 7 heteroatoms. The van der Waals surface area contributed by atoms with Crippen molar-refractivity contribution in [3.8, 4) is 0 Å². The first-order valence-corrected chi connectivity index (χ1v) is 9.06. The van der Waals surface area contributed by atoms with Crippen LogP contribution in [-0.4, -0.2) is 31.4 Å². The van der Waals surface area contributed by atoms with Crippen molar-refractivity contribution in [2.24, 2.45) is 0 Å². The molecule has 0 radical (unpaired) electrons. The smallest absolute Gasteiger partial charge is 0.268 e. The highest BCUT2D eigenvalue weighted by molar-refractivity contribution is 6.04. The third-order valence-electron chi connectivity index (χ3n) is 5.01. The molecule has 2 N–H and O–H groups in total. The minimum absolute atomic E-state index is 0.117. The lowest BCUT2D eigenvalue weighted by molar-refractivity contribution is 0.0926. The van der Waals surface area contributed by atoms with Crippen LogP contribution in [0.25, 0.3) is 0 Å². The van der Waals surface area contributed by atoms with E-state index in [1.54, 1.807) is 11.0 Å². The molecule has 0 spiro atoms. The second-order valence-corrected chi connectivity index (χ2v) is 6.81. The van der Waals surface area contributed by atoms with Gasteiger partial charge in [-0.3, -0.25) is 14.3 Å². The largest absolute Gasteiger partial charge is 0.354 e. The van der Waals surface area contributed by atoms with Crippen LogP contribution in [0.5, 0.6) is 0 Å². The SMILES string of the molecule is Cc1c(C(=O)NC(Cn2cncn2)c2ccccc2)[nH]c2c1C(=O)CCC2. The van der Waals surface area contributed by atoms with E-state index in [4.69, 9.17) is 0 Å². The van der Waals surface area contributed by atoms with Crippen LogP contribution >= 0.6 is 0 Å². The maximum Gasteiger partial charge on any atom is 0.268 e. The first-order chi connectivity index (χ1) is 13.1. The van der Waals surface area contributed by atoms with Gasteiger partial charge in [0.2, 0.25) is 0 Å². The first kappa shape index (κ1) is 17.2. The van der Waals surface area contributed by atoms with Gasteiger partial charge in [-0.15, -0.1) is 0 Å². The number of nitrogens with zero attached hydrogens (tertiary/aromatic N) is 3. The van der Waals surface area contributed by atoms with E-state index in [1.807, 2.05) is 37.3 Å². The Morgan fingerprint density at radius 1 is 1.30 bits per heavy atom. The molecule has 1 aromatic carbocycles. The Balaban J connectivity index is 1.61. The summed E-state index contributed by atoms with van der Waals surface area (Å²) >= 11 is 0. The van der Waals surface area contributed by atoms with Gasteiger partial charge in [0.15, 0.2) is 5.78 Å². The summed E-state index contributed by atoms with van der Waals surface area (Å²) in [4.78, 5) is 32.4. The fourth-order valence-electron chi connectivity index (χ4n) is 3.67. The molecule has 1 unspecified atom stereocenters. The number of carbonyl (C=O) groups excluding carboxylic acids is 2. The molecule has 4 rings (SSSR count). The van der Waals surface area contributed by atoms with Crippen LogP contribution in [0, 0.1) is 6.92 Å². The quantitative estimate of drug-likeness (QED) is 0.729. The standard InChI is InChI=1S/C20H21N5O2/c1-13-18-15(8-5-9-17(18)26)23-19(13)20(27)24-16(10-25-12-21-11-22-25)14-6-3-2-4-7-14/h2-4,6-7,11-12,16,23H,5,8-10H2,1H3,(H,24,27). The average Bonchev–Trinajstić information content (AvgIpc) is 3.30. The molecule has 2 heterocycles. The summed E-state index contributed by atoms with van der Waals surface area (Å²) in [6, 6.07) is 9.49. The summed E-state index contributed by atoms with van der Waals surface area (Å²) in [5.74, 6) is -0.102. The van der Waals surface area contributed by atoms with E-state index < -0.39 is 0 Å². The number of carbonyl (C=O) groups is 2. The molecule has 1 aliphatic rings. The second-order valence-electron chi connectivity index (χ2n) is 6.81. The van der Waals surface area contributed by atoms with Crippen LogP contribution < -0.4 is 5.32 Å². The van der Waals surface area contributed by atoms with Gasteiger partial charge in [0.05, 0.1) is 12.6 Å². The van der Waals surface area contributed by atoms with Gasteiger partial charge in [-0.25, -0.2) is 4.98 Å². The summed E-state index contributed by atoms with van der Waals surface area (Å²) < 4.78 is 1.69. The zero-order valence-electron chi connectivity index (χ0n) is 15.1. The molecule has 0 saturated carbocycles. The number of hydrogen-bond donors (Lipinski definition) is 2. The lowest BCUT2D eigenvalue weighted by Gasteiger charge is -2.19. The molecule has 1 aliphatic carbocycles. The predicted molar refractivity (Wildman–Crippen MR) is 99.5 cm³/mol. The van der Waals surface area contributed by atoms with E-state index >= 15 is 0 Å². The fraction of sp³-hybridized carbons (Fsp3) is 0.300. The first-order valence-electron chi connectivity index (χ1n) is 9.06. The fourth-order valence-corrected chi connectivity index (χ4v) is 3.67. The number of amides is 1. The van der Waals surface area contributed by atoms with Crippen LogP contribution in [0.3, 0.4) is 0 Å². The molecule has 27 heavy (non-hydrogen) atoms. The number of nitrogens with one attached hydrogen (secondary N) is 2. The highest BCUT2D eigenvalue weighted by Gasteiger charge is 2.27. The summed E-state index contributed by atoms with van der Waals surface area (Å²) in [6.45, 7) is 2.30. The van der Waals surface area contributed by atoms with Crippen molar-refractivity contribution in [2.45, 2.75) is 38.8 Å². The number of H-pyrrole nitrogens is 1. The molecule has 3 aromatic rings. The molecule has 0 fully saturated rings. The lowest BCUT2D eigenvalue weighted by Crippen LogP contribution is -2.32. The van der Waals surface area contributed by atoms with Crippen LogP contribution in [0.2, 0.25) is 0 Å². The molecule has 138 valence electrons. The predicted octanol–water partition coefficient (Wildman–Crippen LogP) is 2.60. The van der Waals surface area contributed by atoms with Crippen molar-refractivity contribution in [1.29, 1.82) is 0 Å². The third-order valence-corrected chi connectivity index (χ3v) is 5.01. The average molecular weight is 363 g/mol. The van der Waals surface area contributed by atoms with E-state index in [0.29, 0.717) is 24.2 Å². The molecule has 1 atom stereocenters. The van der Waals surface area contributed by atoms with Crippen LogP contribution in [0.15, 0.2) is 43.0 Å². The Morgan fingerprint density at radius 3 is 2.81 bits per heavy atom. The Bertz CT molecular complexity index is 960. The summed E-state index contributed by atoms with van der Waals surface area (Å²) in [7, 11) is 0. The molecular weight excluding hydrogens is 342 g/mol. The number of aryl methyl sites for hydroxylation is 1. The van der Waals surface area contributed by atoms with Crippen molar-refractivity contribution >= 4 is 11.7 Å². The van der Waals surface area contributed by atoms with E-state index in [1.165, 1.54) is 6.33 Å². The minimum Gasteiger partial charge on any atom is -0.354 e. The third kappa shape index (κ3) is 3.40. The van der Waals surface area contributed by atoms with Crippen LogP contribution in [0.1, 0.15) is 56.6 Å². The van der Waals surface area contributed by atoms with E-state index in [2.05, 4.69) is 20.4 Å². The van der Waals surface area contributed by atoms with E-state index in [9.17, 15) is 9.59 Å². The number of rotatable bonds is 5. The number of Topliss-reactive ketones (excluding diaryl/α,β-unsaturated/α-hetero) is 1. The number of aromatic amines is 1. The maximum atomic E-state index is 13.0. The van der Waals surface area contributed by atoms with Crippen molar-refractivity contribution in [3.05, 3.63) is 71.1 Å². The number of hydrogen-bond acceptors (Lipinski definition) is 4. The normalized spacial score (nSPS) is 14.6. The number of benzene rings is 1. The van der Waals surface area contributed by atoms with Gasteiger partial charge >= 0.3 is 0 Å². The van der Waals surface area contributed by atoms with Gasteiger partial charge in [0, 0.05) is 17.7 Å². The van der Waals surface area contributed by atoms with Gasteiger partial charge in [-0.1, -0.05) is 30.3 Å². The molecule has 1 amide bonds. The van der Waals surface area contributed by atoms with Gasteiger partial charge in [-0.2, -0.15) is 5.10 Å². The van der Waals surface area contributed by atoms with Crippen LogP contribution in [-0.2, 0) is 13.0 Å². The Morgan fingerprint density at radius 2 is 2.11 bits per heavy atom. The van der Waals surface area contributed by atoms with Gasteiger partial charge in [0.25, 0.3) is 5.91 Å². The summed E-state index contributed by atoms with van der Waals surface area (Å²) in [5, 5.41) is 7.23. The Labute approximate surface area is 156 Å². The maximum absolute atomic E-state index is 13.0. The monoisotopic (exact) mass is 363 g/mol. The van der Waals surface area contributed by atoms with E-state index in [0.717, 1.165) is 29.7 Å². The van der Waals surface area contributed by atoms with Gasteiger partial charge < -0.3 is 10.3 Å². The summed E-state index contributed by atoms with van der Waals surface area (Å²) in [6.07, 6.45) is 5.27. The highest BCUT2D eigenvalue weighted by Crippen LogP contribution is 2.27. The molecule has 7 nitrogen and oxygen atoms in total. The second kappa shape index (κ2) is 7.19. The minimum atomic E-state index is -0.268.